The first-order chi connectivity index (χ1) is 12.2. The minimum Gasteiger partial charge on any atom is -0.428 e. The molecule has 0 bridgehead atoms. The number of alkyl halides is 3. The molecule has 0 fully saturated rings. The maximum absolute atomic E-state index is 12.8. The smallest absolute Gasteiger partial charge is 0.428 e. The van der Waals surface area contributed by atoms with E-state index in [1.54, 1.807) is 25.1 Å². The Bertz CT molecular complexity index is 1030. The van der Waals surface area contributed by atoms with Gasteiger partial charge in [-0.2, -0.15) is 4.73 Å². The molecule has 3 aromatic rings. The minimum atomic E-state index is -4.76. The third-order valence-corrected chi connectivity index (χ3v) is 4.49. The van der Waals surface area contributed by atoms with Crippen LogP contribution >= 0.6 is 15.9 Å². The molecule has 8 heteroatoms. The van der Waals surface area contributed by atoms with Gasteiger partial charge in [-0.25, -0.2) is 0 Å². The van der Waals surface area contributed by atoms with Gasteiger partial charge in [0, 0.05) is 16.5 Å². The molecule has 0 aliphatic heterocycles. The first-order valence-electron chi connectivity index (χ1n) is 7.53. The van der Waals surface area contributed by atoms with E-state index in [4.69, 9.17) is 0 Å². The predicted molar refractivity (Wildman–Crippen MR) is 93.8 cm³/mol. The topological polar surface area (TPSA) is 51.5 Å². The Kier molecular flexibility index (Phi) is 4.70. The van der Waals surface area contributed by atoms with Crippen molar-refractivity contribution in [3.63, 3.8) is 0 Å². The van der Waals surface area contributed by atoms with Gasteiger partial charge in [-0.05, 0) is 42.8 Å². The molecule has 0 saturated carbocycles. The Morgan fingerprint density at radius 1 is 1.15 bits per heavy atom. The van der Waals surface area contributed by atoms with Gasteiger partial charge in [0.05, 0.1) is 16.6 Å². The molecule has 0 unspecified atom stereocenters. The third-order valence-electron chi connectivity index (χ3n) is 4.00. The number of ether oxygens (including phenoxy) is 1. The lowest BCUT2D eigenvalue weighted by Gasteiger charge is -2.13. The Hall–Kier alpha value is -2.48. The number of aromatic nitrogens is 1. The molecule has 3 rings (SSSR count). The number of fused-ring (bicyclic) bond motifs is 1. The standard InChI is InChI=1S/C18H13BrF3NO3/c1-10-14(8-11-2-5-13(6-3-11)26-18(20,21)22)17(24)15-9-12(19)4-7-16(15)23(10)25/h2-7,9,25H,8H2,1H3. The van der Waals surface area contributed by atoms with Crippen LogP contribution in [0.4, 0.5) is 13.2 Å². The van der Waals surface area contributed by atoms with Crippen LogP contribution in [0.3, 0.4) is 0 Å². The second-order valence-corrected chi connectivity index (χ2v) is 6.65. The predicted octanol–water partition coefficient (Wildman–Crippen LogP) is 4.80. The average molecular weight is 428 g/mol. The summed E-state index contributed by atoms with van der Waals surface area (Å²) < 4.78 is 42.1. The van der Waals surface area contributed by atoms with Crippen molar-refractivity contribution in [3.05, 3.63) is 74.0 Å². The molecule has 0 aliphatic rings. The van der Waals surface area contributed by atoms with Crippen LogP contribution in [0, 0.1) is 6.92 Å². The van der Waals surface area contributed by atoms with E-state index in [-0.39, 0.29) is 17.6 Å². The lowest BCUT2D eigenvalue weighted by atomic mass is 10.0. The fraction of sp³-hybridized carbons (Fsp3) is 0.167. The van der Waals surface area contributed by atoms with Gasteiger partial charge in [-0.3, -0.25) is 4.79 Å². The summed E-state index contributed by atoms with van der Waals surface area (Å²) in [4.78, 5) is 12.8. The first kappa shape index (κ1) is 18.3. The zero-order valence-electron chi connectivity index (χ0n) is 13.5. The molecule has 0 atom stereocenters. The highest BCUT2D eigenvalue weighted by atomic mass is 79.9. The van der Waals surface area contributed by atoms with E-state index in [1.165, 1.54) is 24.3 Å². The van der Waals surface area contributed by atoms with Crippen LogP contribution in [0.25, 0.3) is 10.9 Å². The summed E-state index contributed by atoms with van der Waals surface area (Å²) in [6, 6.07) is 10.2. The Balaban J connectivity index is 2.00. The largest absolute Gasteiger partial charge is 0.573 e. The molecule has 0 saturated heterocycles. The van der Waals surface area contributed by atoms with Crippen molar-refractivity contribution in [2.24, 2.45) is 0 Å². The van der Waals surface area contributed by atoms with E-state index < -0.39 is 6.36 Å². The van der Waals surface area contributed by atoms with Crippen molar-refractivity contribution in [1.82, 2.24) is 4.73 Å². The number of pyridine rings is 1. The Labute approximate surface area is 154 Å². The summed E-state index contributed by atoms with van der Waals surface area (Å²) in [5.74, 6) is -0.333. The molecule has 1 aromatic heterocycles. The summed E-state index contributed by atoms with van der Waals surface area (Å²) in [5, 5.41) is 10.7. The molecule has 1 heterocycles. The summed E-state index contributed by atoms with van der Waals surface area (Å²) in [7, 11) is 0. The highest BCUT2D eigenvalue weighted by Crippen LogP contribution is 2.24. The van der Waals surface area contributed by atoms with Crippen molar-refractivity contribution in [3.8, 4) is 5.75 Å². The lowest BCUT2D eigenvalue weighted by Crippen LogP contribution is -2.18. The third kappa shape index (κ3) is 3.70. The fourth-order valence-electron chi connectivity index (χ4n) is 2.73. The second-order valence-electron chi connectivity index (χ2n) is 5.73. The quantitative estimate of drug-likeness (QED) is 0.610. The monoisotopic (exact) mass is 427 g/mol. The van der Waals surface area contributed by atoms with Gasteiger partial charge in [0.25, 0.3) is 0 Å². The molecule has 2 aromatic carbocycles. The first-order valence-corrected chi connectivity index (χ1v) is 8.33. The number of benzene rings is 2. The van der Waals surface area contributed by atoms with Crippen molar-refractivity contribution < 1.29 is 23.1 Å². The van der Waals surface area contributed by atoms with Crippen molar-refractivity contribution in [1.29, 1.82) is 0 Å². The van der Waals surface area contributed by atoms with Crippen LogP contribution in [-0.2, 0) is 6.42 Å². The molecule has 0 aliphatic carbocycles. The summed E-state index contributed by atoms with van der Waals surface area (Å²) in [6.07, 6.45) is -4.59. The van der Waals surface area contributed by atoms with Gasteiger partial charge in [0.2, 0.25) is 0 Å². The lowest BCUT2D eigenvalue weighted by molar-refractivity contribution is -0.274. The van der Waals surface area contributed by atoms with Gasteiger partial charge >= 0.3 is 6.36 Å². The van der Waals surface area contributed by atoms with Gasteiger partial charge < -0.3 is 9.94 Å². The van der Waals surface area contributed by atoms with Gasteiger partial charge in [-0.15, -0.1) is 13.2 Å². The molecule has 4 nitrogen and oxygen atoms in total. The molecular weight excluding hydrogens is 415 g/mol. The molecule has 136 valence electrons. The van der Waals surface area contributed by atoms with Gasteiger partial charge in [0.1, 0.15) is 5.75 Å². The highest BCUT2D eigenvalue weighted by Gasteiger charge is 2.31. The molecule has 0 spiro atoms. The molecule has 0 radical (unpaired) electrons. The van der Waals surface area contributed by atoms with E-state index in [9.17, 15) is 23.2 Å². The van der Waals surface area contributed by atoms with Gasteiger partial charge in [0.15, 0.2) is 5.43 Å². The number of nitrogens with zero attached hydrogens (tertiary/aromatic N) is 1. The van der Waals surface area contributed by atoms with Crippen LogP contribution < -0.4 is 10.2 Å². The summed E-state index contributed by atoms with van der Waals surface area (Å²) in [6.45, 7) is 1.61. The second kappa shape index (κ2) is 6.68. The van der Waals surface area contributed by atoms with E-state index >= 15 is 0 Å². The Morgan fingerprint density at radius 2 is 1.81 bits per heavy atom. The van der Waals surface area contributed by atoms with E-state index in [0.717, 1.165) is 4.73 Å². The van der Waals surface area contributed by atoms with Crippen LogP contribution in [0.2, 0.25) is 0 Å². The maximum atomic E-state index is 12.8. The van der Waals surface area contributed by atoms with E-state index in [0.29, 0.717) is 32.2 Å². The zero-order valence-corrected chi connectivity index (χ0v) is 15.1. The number of halogens is 4. The molecule has 0 amide bonds. The van der Waals surface area contributed by atoms with Crippen LogP contribution in [0.15, 0.2) is 51.7 Å². The highest BCUT2D eigenvalue weighted by molar-refractivity contribution is 9.10. The van der Waals surface area contributed by atoms with Crippen molar-refractivity contribution >= 4 is 26.8 Å². The number of rotatable bonds is 3. The van der Waals surface area contributed by atoms with Crippen LogP contribution in [0.1, 0.15) is 16.8 Å². The zero-order chi connectivity index (χ0) is 19.1. The maximum Gasteiger partial charge on any atom is 0.573 e. The van der Waals surface area contributed by atoms with Crippen molar-refractivity contribution in [2.45, 2.75) is 19.7 Å². The average Bonchev–Trinajstić information content (AvgIpc) is 2.57. The number of hydrogen-bond acceptors (Lipinski definition) is 3. The summed E-state index contributed by atoms with van der Waals surface area (Å²) >= 11 is 3.30. The SMILES string of the molecule is Cc1c(Cc2ccc(OC(F)(F)F)cc2)c(=O)c2cc(Br)ccc2n1O. The normalized spacial score (nSPS) is 11.7. The molecule has 26 heavy (non-hydrogen) atoms. The fourth-order valence-corrected chi connectivity index (χ4v) is 3.09. The molecular formula is C18H13BrF3NO3. The summed E-state index contributed by atoms with van der Waals surface area (Å²) in [5.41, 5.74) is 1.50. The van der Waals surface area contributed by atoms with Crippen LogP contribution in [0.5, 0.6) is 5.75 Å². The van der Waals surface area contributed by atoms with Crippen molar-refractivity contribution in [2.75, 3.05) is 0 Å². The molecule has 1 N–H and O–H groups in total. The van der Waals surface area contributed by atoms with E-state index in [2.05, 4.69) is 20.7 Å². The minimum absolute atomic E-state index is 0.167. The van der Waals surface area contributed by atoms with E-state index in [1.807, 2.05) is 0 Å². The number of hydrogen-bond donors (Lipinski definition) is 1. The van der Waals surface area contributed by atoms with Gasteiger partial charge in [-0.1, -0.05) is 28.1 Å². The Morgan fingerprint density at radius 3 is 2.42 bits per heavy atom. The van der Waals surface area contributed by atoms with Crippen LogP contribution in [-0.4, -0.2) is 16.3 Å².